The predicted octanol–water partition coefficient (Wildman–Crippen LogP) is 3.64. The molecule has 1 heterocycles. The minimum atomic E-state index is -0.203. The molecule has 8 nitrogen and oxygen atoms in total. The van der Waals surface area contributed by atoms with Crippen molar-refractivity contribution >= 4 is 17.5 Å². The number of aromatic nitrogens is 2. The molecule has 0 saturated carbocycles. The van der Waals surface area contributed by atoms with E-state index in [2.05, 4.69) is 39.3 Å². The number of anilines is 2. The minimum absolute atomic E-state index is 0.102. The van der Waals surface area contributed by atoms with Gasteiger partial charge in [0, 0.05) is 29.6 Å². The van der Waals surface area contributed by atoms with E-state index in [9.17, 15) is 4.79 Å². The lowest BCUT2D eigenvalue weighted by atomic mass is 10.1. The molecule has 0 atom stereocenters. The van der Waals surface area contributed by atoms with Gasteiger partial charge < -0.3 is 26.0 Å². The van der Waals surface area contributed by atoms with Crippen LogP contribution in [0.4, 0.5) is 11.6 Å². The number of nitrogens with zero attached hydrogens (tertiary/aromatic N) is 3. The molecule has 0 aliphatic carbocycles. The van der Waals surface area contributed by atoms with Crippen molar-refractivity contribution in [2.45, 2.75) is 20.3 Å². The van der Waals surface area contributed by atoms with Gasteiger partial charge in [-0.1, -0.05) is 26.0 Å². The van der Waals surface area contributed by atoms with Crippen molar-refractivity contribution in [3.63, 3.8) is 0 Å². The van der Waals surface area contributed by atoms with Gasteiger partial charge in [-0.2, -0.15) is 0 Å². The molecule has 4 N–H and O–H groups in total. The van der Waals surface area contributed by atoms with Crippen LogP contribution < -0.4 is 21.1 Å². The van der Waals surface area contributed by atoms with Gasteiger partial charge in [0.25, 0.3) is 5.91 Å². The Morgan fingerprint density at radius 2 is 1.76 bits per heavy atom. The second-order valence-corrected chi connectivity index (χ2v) is 7.43. The van der Waals surface area contributed by atoms with E-state index in [0.29, 0.717) is 18.1 Å². The lowest BCUT2D eigenvalue weighted by Crippen LogP contribution is -2.29. The first-order valence-corrected chi connectivity index (χ1v) is 11.3. The van der Waals surface area contributed by atoms with Crippen LogP contribution in [0.1, 0.15) is 30.6 Å². The Morgan fingerprint density at radius 3 is 2.42 bits per heavy atom. The largest absolute Gasteiger partial charge is 0.494 e. The number of ether oxygens (including phenoxy) is 1. The van der Waals surface area contributed by atoms with Gasteiger partial charge in [-0.3, -0.25) is 4.79 Å². The molecule has 174 valence electrons. The van der Waals surface area contributed by atoms with Crippen molar-refractivity contribution in [2.24, 2.45) is 5.73 Å². The van der Waals surface area contributed by atoms with Crippen molar-refractivity contribution in [1.29, 1.82) is 0 Å². The summed E-state index contributed by atoms with van der Waals surface area (Å²) in [6.07, 6.45) is 2.70. The molecule has 0 saturated heterocycles. The highest BCUT2D eigenvalue weighted by molar-refractivity contribution is 5.94. The van der Waals surface area contributed by atoms with Crippen molar-refractivity contribution in [3.8, 4) is 17.0 Å². The molecule has 0 radical (unpaired) electrons. The molecular weight excluding hydrogens is 416 g/mol. The quantitative estimate of drug-likeness (QED) is 0.287. The second-order valence-electron chi connectivity index (χ2n) is 7.43. The van der Waals surface area contributed by atoms with E-state index < -0.39 is 0 Å². The highest BCUT2D eigenvalue weighted by Gasteiger charge is 2.07. The van der Waals surface area contributed by atoms with Gasteiger partial charge in [-0.25, -0.2) is 9.97 Å². The number of nitrogens with two attached hydrogens (primary N) is 1. The van der Waals surface area contributed by atoms with E-state index >= 15 is 0 Å². The van der Waals surface area contributed by atoms with Crippen LogP contribution in [-0.2, 0) is 0 Å². The summed E-state index contributed by atoms with van der Waals surface area (Å²) < 4.78 is 5.85. The zero-order valence-electron chi connectivity index (χ0n) is 19.3. The first-order valence-electron chi connectivity index (χ1n) is 11.3. The predicted molar refractivity (Wildman–Crippen MR) is 132 cm³/mol. The number of benzene rings is 2. The van der Waals surface area contributed by atoms with E-state index in [-0.39, 0.29) is 12.6 Å². The molecule has 0 aliphatic heterocycles. The average molecular weight is 449 g/mol. The molecule has 0 unspecified atom stereocenters. The van der Waals surface area contributed by atoms with Crippen LogP contribution in [0.25, 0.3) is 11.3 Å². The molecule has 0 aliphatic rings. The fourth-order valence-electron chi connectivity index (χ4n) is 3.35. The SMILES string of the molecule is CCN(CC)CCCOc1ccc(Nc2nccc(-c3ccc(C(=O)NCN)cc3)n2)cc1. The lowest BCUT2D eigenvalue weighted by Gasteiger charge is -2.17. The summed E-state index contributed by atoms with van der Waals surface area (Å²) in [4.78, 5) is 23.1. The number of hydrogen-bond donors (Lipinski definition) is 3. The van der Waals surface area contributed by atoms with Gasteiger partial charge >= 0.3 is 0 Å². The average Bonchev–Trinajstić information content (AvgIpc) is 2.85. The molecule has 0 fully saturated rings. The van der Waals surface area contributed by atoms with Crippen molar-refractivity contribution in [3.05, 3.63) is 66.4 Å². The molecule has 1 amide bonds. The third-order valence-electron chi connectivity index (χ3n) is 5.25. The van der Waals surface area contributed by atoms with Crippen LogP contribution in [0, 0.1) is 0 Å². The summed E-state index contributed by atoms with van der Waals surface area (Å²) in [5.41, 5.74) is 8.42. The zero-order chi connectivity index (χ0) is 23.5. The topological polar surface area (TPSA) is 105 Å². The summed E-state index contributed by atoms with van der Waals surface area (Å²) >= 11 is 0. The normalized spacial score (nSPS) is 10.8. The van der Waals surface area contributed by atoms with E-state index in [1.54, 1.807) is 18.3 Å². The Kier molecular flexibility index (Phi) is 9.17. The molecule has 3 rings (SSSR count). The van der Waals surface area contributed by atoms with E-state index in [1.807, 2.05) is 42.5 Å². The van der Waals surface area contributed by atoms with Gasteiger partial charge in [0.05, 0.1) is 19.0 Å². The monoisotopic (exact) mass is 448 g/mol. The molecule has 0 spiro atoms. The summed E-state index contributed by atoms with van der Waals surface area (Å²) in [5, 5.41) is 5.80. The van der Waals surface area contributed by atoms with Crippen molar-refractivity contribution in [2.75, 3.05) is 38.2 Å². The van der Waals surface area contributed by atoms with Crippen LogP contribution in [0.15, 0.2) is 60.8 Å². The smallest absolute Gasteiger partial charge is 0.252 e. The van der Waals surface area contributed by atoms with E-state index in [1.165, 1.54) is 0 Å². The first kappa shape index (κ1) is 24.2. The Labute approximate surface area is 195 Å². The molecular formula is C25H32N6O2. The number of carbonyl (C=O) groups is 1. The van der Waals surface area contributed by atoms with Crippen molar-refractivity contribution < 1.29 is 9.53 Å². The highest BCUT2D eigenvalue weighted by atomic mass is 16.5. The van der Waals surface area contributed by atoms with Crippen LogP contribution in [0.3, 0.4) is 0 Å². The maximum absolute atomic E-state index is 11.9. The number of hydrogen-bond acceptors (Lipinski definition) is 7. The highest BCUT2D eigenvalue weighted by Crippen LogP contribution is 2.22. The minimum Gasteiger partial charge on any atom is -0.494 e. The molecule has 1 aromatic heterocycles. The van der Waals surface area contributed by atoms with E-state index in [4.69, 9.17) is 10.5 Å². The van der Waals surface area contributed by atoms with Gasteiger partial charge in [0.15, 0.2) is 0 Å². The third kappa shape index (κ3) is 7.27. The summed E-state index contributed by atoms with van der Waals surface area (Å²) in [5.74, 6) is 1.13. The number of rotatable bonds is 12. The van der Waals surface area contributed by atoms with Crippen LogP contribution in [-0.4, -0.2) is 53.7 Å². The zero-order valence-corrected chi connectivity index (χ0v) is 19.3. The second kappa shape index (κ2) is 12.5. The van der Waals surface area contributed by atoms with Crippen molar-refractivity contribution in [1.82, 2.24) is 20.2 Å². The summed E-state index contributed by atoms with van der Waals surface area (Å²) in [7, 11) is 0. The Bertz CT molecular complexity index is 1000. The lowest BCUT2D eigenvalue weighted by molar-refractivity contribution is 0.0955. The number of carbonyl (C=O) groups excluding carboxylic acids is 1. The molecule has 8 heteroatoms. The van der Waals surface area contributed by atoms with Crippen LogP contribution >= 0.6 is 0 Å². The van der Waals surface area contributed by atoms with Gasteiger partial charge in [0.1, 0.15) is 5.75 Å². The number of amides is 1. The fourth-order valence-corrected chi connectivity index (χ4v) is 3.35. The first-order chi connectivity index (χ1) is 16.1. The maximum atomic E-state index is 11.9. The summed E-state index contributed by atoms with van der Waals surface area (Å²) in [6, 6.07) is 16.8. The van der Waals surface area contributed by atoms with Crippen LogP contribution in [0.5, 0.6) is 5.75 Å². The van der Waals surface area contributed by atoms with Crippen LogP contribution in [0.2, 0.25) is 0 Å². The summed E-state index contributed by atoms with van der Waals surface area (Å²) in [6.45, 7) is 8.33. The van der Waals surface area contributed by atoms with E-state index in [0.717, 1.165) is 48.7 Å². The maximum Gasteiger partial charge on any atom is 0.252 e. The number of nitrogens with one attached hydrogen (secondary N) is 2. The molecule has 33 heavy (non-hydrogen) atoms. The molecule has 0 bridgehead atoms. The standard InChI is InChI=1S/C25H32N6O2/c1-3-31(4-2)16-5-17-33-22-12-10-21(11-13-22)29-25-27-15-14-23(30-25)19-6-8-20(9-7-19)24(32)28-18-26/h6-15H,3-5,16-18,26H2,1-2H3,(H,28,32)(H,27,29,30). The molecule has 2 aromatic carbocycles. The fraction of sp³-hybridized carbons (Fsp3) is 0.320. The van der Waals surface area contributed by atoms with Gasteiger partial charge in [-0.05, 0) is 62.0 Å². The Balaban J connectivity index is 1.56. The Morgan fingerprint density at radius 1 is 1.03 bits per heavy atom. The van der Waals surface area contributed by atoms with Gasteiger partial charge in [0.2, 0.25) is 5.95 Å². The Hall–Kier alpha value is -3.49. The van der Waals surface area contributed by atoms with Gasteiger partial charge in [-0.15, -0.1) is 0 Å². The molecule has 3 aromatic rings. The third-order valence-corrected chi connectivity index (χ3v) is 5.25.